The summed E-state index contributed by atoms with van der Waals surface area (Å²) in [7, 11) is 0. The average Bonchev–Trinajstić information content (AvgIpc) is 2.66. The summed E-state index contributed by atoms with van der Waals surface area (Å²) in [6.07, 6.45) is 0. The molecule has 100 valence electrons. The molecule has 0 atom stereocenters. The van der Waals surface area contributed by atoms with E-state index in [0.29, 0.717) is 16.5 Å². The second kappa shape index (κ2) is 5.07. The number of hydroxylamine groups is 1. The maximum atomic E-state index is 13.1. The van der Waals surface area contributed by atoms with E-state index < -0.39 is 24.2 Å². The normalized spacial score (nSPS) is 10.6. The molecule has 0 unspecified atom stereocenters. The zero-order valence-corrected chi connectivity index (χ0v) is 10.0. The average molecular weight is 266 g/mol. The fraction of sp³-hybridized carbons (Fsp3) is 0.167. The summed E-state index contributed by atoms with van der Waals surface area (Å²) in [6.45, 7) is 1.17. The lowest BCUT2D eigenvalue weighted by Crippen LogP contribution is -2.29. The number of amides is 2. The van der Waals surface area contributed by atoms with E-state index in [1.807, 2.05) is 5.48 Å². The van der Waals surface area contributed by atoms with Crippen molar-refractivity contribution in [1.29, 1.82) is 0 Å². The van der Waals surface area contributed by atoms with Crippen molar-refractivity contribution in [3.63, 3.8) is 0 Å². The van der Waals surface area contributed by atoms with Crippen LogP contribution in [0.2, 0.25) is 0 Å². The highest BCUT2D eigenvalue weighted by Crippen LogP contribution is 2.25. The molecule has 7 heteroatoms. The van der Waals surface area contributed by atoms with Crippen molar-refractivity contribution in [2.75, 3.05) is 6.61 Å². The van der Waals surface area contributed by atoms with Gasteiger partial charge in [0.25, 0.3) is 0 Å². The topological polar surface area (TPSA) is 94.6 Å². The molecule has 2 amide bonds. The second-order valence-electron chi connectivity index (χ2n) is 3.88. The first-order valence-electron chi connectivity index (χ1n) is 5.38. The van der Waals surface area contributed by atoms with Gasteiger partial charge in [-0.15, -0.1) is 0 Å². The summed E-state index contributed by atoms with van der Waals surface area (Å²) in [5, 5.41) is 0.500. The number of rotatable bonds is 4. The summed E-state index contributed by atoms with van der Waals surface area (Å²) < 4.78 is 18.4. The maximum absolute atomic E-state index is 13.1. The Morgan fingerprint density at radius 1 is 1.47 bits per heavy atom. The number of furan rings is 1. The van der Waals surface area contributed by atoms with E-state index in [-0.39, 0.29) is 5.76 Å². The smallest absolute Gasteiger partial charge is 0.310 e. The van der Waals surface area contributed by atoms with Crippen LogP contribution in [0.3, 0.4) is 0 Å². The van der Waals surface area contributed by atoms with Crippen LogP contribution >= 0.6 is 0 Å². The Bertz CT molecular complexity index is 650. The first kappa shape index (κ1) is 13.0. The highest BCUT2D eigenvalue weighted by Gasteiger charge is 2.18. The van der Waals surface area contributed by atoms with Crippen LogP contribution in [0.4, 0.5) is 4.39 Å². The molecule has 0 radical (unpaired) electrons. The first-order chi connectivity index (χ1) is 8.99. The molecule has 0 bridgehead atoms. The van der Waals surface area contributed by atoms with Gasteiger partial charge in [-0.05, 0) is 25.1 Å². The number of carbonyl (C=O) groups is 2. The van der Waals surface area contributed by atoms with Crippen LogP contribution in [0.5, 0.6) is 0 Å². The van der Waals surface area contributed by atoms with Gasteiger partial charge < -0.3 is 10.2 Å². The summed E-state index contributed by atoms with van der Waals surface area (Å²) in [5.41, 5.74) is 7.73. The van der Waals surface area contributed by atoms with Crippen LogP contribution < -0.4 is 11.2 Å². The minimum atomic E-state index is -0.719. The van der Waals surface area contributed by atoms with Crippen LogP contribution in [0.15, 0.2) is 22.6 Å². The van der Waals surface area contributed by atoms with E-state index in [0.717, 1.165) is 0 Å². The highest BCUT2D eigenvalue weighted by molar-refractivity contribution is 5.98. The predicted molar refractivity (Wildman–Crippen MR) is 63.5 cm³/mol. The molecule has 3 N–H and O–H groups in total. The van der Waals surface area contributed by atoms with Gasteiger partial charge in [-0.1, -0.05) is 0 Å². The molecule has 0 aliphatic rings. The zero-order valence-electron chi connectivity index (χ0n) is 10.0. The quantitative estimate of drug-likeness (QED) is 0.808. The molecule has 0 aliphatic carbocycles. The van der Waals surface area contributed by atoms with Crippen molar-refractivity contribution in [3.8, 4) is 0 Å². The summed E-state index contributed by atoms with van der Waals surface area (Å²) in [4.78, 5) is 26.7. The molecule has 0 spiro atoms. The standard InChI is InChI=1S/C12H11FN2O4/c1-6-8-4-7(13)2-3-9(8)19-11(6)12(17)15-18-5-10(14)16/h2-4H,5H2,1H3,(H2,14,16)(H,15,17). The fourth-order valence-electron chi connectivity index (χ4n) is 1.63. The number of nitrogens with one attached hydrogen (secondary N) is 1. The van der Waals surface area contributed by atoms with Crippen molar-refractivity contribution in [3.05, 3.63) is 35.3 Å². The number of nitrogens with two attached hydrogens (primary N) is 1. The summed E-state index contributed by atoms with van der Waals surface area (Å²) >= 11 is 0. The largest absolute Gasteiger partial charge is 0.451 e. The monoisotopic (exact) mass is 266 g/mol. The number of aryl methyl sites for hydroxylation is 1. The van der Waals surface area contributed by atoms with Crippen molar-refractivity contribution < 1.29 is 23.2 Å². The molecular weight excluding hydrogens is 255 g/mol. The molecule has 1 aromatic carbocycles. The number of hydrogen-bond donors (Lipinski definition) is 2. The maximum Gasteiger partial charge on any atom is 0.310 e. The van der Waals surface area contributed by atoms with Crippen LogP contribution in [0.1, 0.15) is 16.1 Å². The Balaban J connectivity index is 2.22. The van der Waals surface area contributed by atoms with Crippen molar-refractivity contribution in [2.45, 2.75) is 6.92 Å². The molecule has 0 fully saturated rings. The number of primary amides is 1. The zero-order chi connectivity index (χ0) is 14.0. The number of fused-ring (bicyclic) bond motifs is 1. The third-order valence-corrected chi connectivity index (χ3v) is 2.48. The van der Waals surface area contributed by atoms with E-state index in [1.165, 1.54) is 18.2 Å². The van der Waals surface area contributed by atoms with Gasteiger partial charge in [0.15, 0.2) is 12.4 Å². The Morgan fingerprint density at radius 3 is 2.89 bits per heavy atom. The van der Waals surface area contributed by atoms with E-state index >= 15 is 0 Å². The molecule has 2 rings (SSSR count). The molecule has 19 heavy (non-hydrogen) atoms. The molecule has 0 saturated heterocycles. The third-order valence-electron chi connectivity index (χ3n) is 2.48. The molecule has 1 aromatic heterocycles. The van der Waals surface area contributed by atoms with Gasteiger partial charge in [0.05, 0.1) is 0 Å². The number of carbonyl (C=O) groups excluding carboxylic acids is 2. The van der Waals surface area contributed by atoms with Gasteiger partial charge in [0.2, 0.25) is 5.91 Å². The van der Waals surface area contributed by atoms with Gasteiger partial charge in [-0.25, -0.2) is 9.87 Å². The van der Waals surface area contributed by atoms with Gasteiger partial charge in [-0.2, -0.15) is 0 Å². The molecule has 2 aromatic rings. The van der Waals surface area contributed by atoms with Crippen LogP contribution in [0, 0.1) is 12.7 Å². The predicted octanol–water partition coefficient (Wildman–Crippen LogP) is 1.03. The number of halogens is 1. The van der Waals surface area contributed by atoms with Gasteiger partial charge >= 0.3 is 5.91 Å². The Kier molecular flexibility index (Phi) is 3.48. The number of benzene rings is 1. The van der Waals surface area contributed by atoms with E-state index in [1.54, 1.807) is 6.92 Å². The minimum Gasteiger partial charge on any atom is -0.451 e. The Labute approximate surface area is 107 Å². The van der Waals surface area contributed by atoms with Crippen LogP contribution in [-0.2, 0) is 9.63 Å². The minimum absolute atomic E-state index is 0.00919. The Hall–Kier alpha value is -2.41. The third kappa shape index (κ3) is 2.71. The summed E-state index contributed by atoms with van der Waals surface area (Å²) in [5.74, 6) is -1.82. The highest BCUT2D eigenvalue weighted by atomic mass is 19.1. The van der Waals surface area contributed by atoms with E-state index in [4.69, 9.17) is 10.2 Å². The first-order valence-corrected chi connectivity index (χ1v) is 5.38. The summed E-state index contributed by atoms with van der Waals surface area (Å²) in [6, 6.07) is 3.93. The fourth-order valence-corrected chi connectivity index (χ4v) is 1.63. The lowest BCUT2D eigenvalue weighted by molar-refractivity contribution is -0.124. The SMILES string of the molecule is Cc1c(C(=O)NOCC(N)=O)oc2ccc(F)cc12. The molecule has 6 nitrogen and oxygen atoms in total. The second-order valence-corrected chi connectivity index (χ2v) is 3.88. The number of hydrogen-bond acceptors (Lipinski definition) is 4. The van der Waals surface area contributed by atoms with Crippen LogP contribution in [-0.4, -0.2) is 18.4 Å². The van der Waals surface area contributed by atoms with E-state index in [2.05, 4.69) is 4.84 Å². The molecule has 0 aliphatic heterocycles. The van der Waals surface area contributed by atoms with Gasteiger partial charge in [-0.3, -0.25) is 14.4 Å². The van der Waals surface area contributed by atoms with E-state index in [9.17, 15) is 14.0 Å². The van der Waals surface area contributed by atoms with Crippen molar-refractivity contribution in [1.82, 2.24) is 5.48 Å². The van der Waals surface area contributed by atoms with Crippen LogP contribution in [0.25, 0.3) is 11.0 Å². The molecular formula is C12H11FN2O4. The Morgan fingerprint density at radius 2 is 2.21 bits per heavy atom. The lowest BCUT2D eigenvalue weighted by Gasteiger charge is -2.02. The molecule has 0 saturated carbocycles. The molecule has 1 heterocycles. The van der Waals surface area contributed by atoms with Gasteiger partial charge in [0.1, 0.15) is 11.4 Å². The van der Waals surface area contributed by atoms with Crippen molar-refractivity contribution >= 4 is 22.8 Å². The lowest BCUT2D eigenvalue weighted by atomic mass is 10.1. The van der Waals surface area contributed by atoms with Gasteiger partial charge in [0, 0.05) is 10.9 Å². The van der Waals surface area contributed by atoms with Crippen molar-refractivity contribution in [2.24, 2.45) is 5.73 Å².